The summed E-state index contributed by atoms with van der Waals surface area (Å²) in [6.07, 6.45) is 1.51. The fourth-order valence-corrected chi connectivity index (χ4v) is 2.81. The maximum atomic E-state index is 12.2. The van der Waals surface area contributed by atoms with Crippen molar-refractivity contribution < 1.29 is 14.4 Å². The van der Waals surface area contributed by atoms with Crippen LogP contribution >= 0.6 is 11.3 Å². The fraction of sp³-hybridized carbons (Fsp3) is 0.0625. The molecule has 2 aromatic heterocycles. The molecule has 1 amide bonds. The lowest BCUT2D eigenvalue weighted by Gasteiger charge is -2.02. The van der Waals surface area contributed by atoms with Gasteiger partial charge in [-0.05, 0) is 17.5 Å². The Morgan fingerprint density at radius 1 is 1.14 bits per heavy atom. The monoisotopic (exact) mass is 312 g/mol. The molecule has 5 nitrogen and oxygen atoms in total. The third-order valence-corrected chi connectivity index (χ3v) is 3.98. The van der Waals surface area contributed by atoms with E-state index >= 15 is 0 Å². The molecule has 3 rings (SSSR count). The molecule has 2 heterocycles. The van der Waals surface area contributed by atoms with E-state index in [4.69, 9.17) is 0 Å². The van der Waals surface area contributed by atoms with Crippen LogP contribution in [0.2, 0.25) is 0 Å². The van der Waals surface area contributed by atoms with Crippen molar-refractivity contribution >= 4 is 39.7 Å². The second-order valence-electron chi connectivity index (χ2n) is 4.69. The van der Waals surface area contributed by atoms with Gasteiger partial charge in [-0.25, -0.2) is 0 Å². The number of nitrogens with one attached hydrogen (secondary N) is 2. The highest BCUT2D eigenvalue weighted by Crippen LogP contribution is 2.18. The Balaban J connectivity index is 1.70. The smallest absolute Gasteiger partial charge is 0.292 e. The van der Waals surface area contributed by atoms with Crippen LogP contribution in [0, 0.1) is 0 Å². The van der Waals surface area contributed by atoms with Gasteiger partial charge in [-0.15, -0.1) is 0 Å². The maximum absolute atomic E-state index is 12.2. The molecule has 0 aliphatic rings. The quantitative estimate of drug-likeness (QED) is 0.561. The van der Waals surface area contributed by atoms with Crippen LogP contribution in [-0.2, 0) is 4.79 Å². The molecule has 2 N–H and O–H groups in total. The molecule has 3 aromatic rings. The van der Waals surface area contributed by atoms with E-state index in [1.54, 1.807) is 29.0 Å². The van der Waals surface area contributed by atoms with Crippen LogP contribution in [-0.4, -0.2) is 29.0 Å². The van der Waals surface area contributed by atoms with E-state index in [0.717, 1.165) is 5.52 Å². The molecule has 22 heavy (non-hydrogen) atoms. The lowest BCUT2D eigenvalue weighted by atomic mass is 10.1. The normalized spacial score (nSPS) is 10.5. The third kappa shape index (κ3) is 2.68. The third-order valence-electron chi connectivity index (χ3n) is 3.29. The van der Waals surface area contributed by atoms with Crippen molar-refractivity contribution in [2.45, 2.75) is 0 Å². The number of rotatable bonds is 5. The first-order valence-corrected chi connectivity index (χ1v) is 7.55. The summed E-state index contributed by atoms with van der Waals surface area (Å²) in [7, 11) is 0. The number of carbonyl (C=O) groups excluding carboxylic acids is 3. The van der Waals surface area contributed by atoms with Crippen molar-refractivity contribution in [2.75, 3.05) is 6.54 Å². The topological polar surface area (TPSA) is 79.0 Å². The summed E-state index contributed by atoms with van der Waals surface area (Å²) in [4.78, 5) is 38.9. The zero-order valence-electron chi connectivity index (χ0n) is 11.5. The zero-order chi connectivity index (χ0) is 15.5. The summed E-state index contributed by atoms with van der Waals surface area (Å²) in [5.41, 5.74) is 1.62. The SMILES string of the molecule is O=C(NCC(=O)c1ccsc1)C(=O)c1c[nH]c2ccccc12. The number of aromatic amines is 1. The van der Waals surface area contributed by atoms with E-state index < -0.39 is 11.7 Å². The zero-order valence-corrected chi connectivity index (χ0v) is 12.3. The highest BCUT2D eigenvalue weighted by atomic mass is 32.1. The van der Waals surface area contributed by atoms with E-state index in [1.165, 1.54) is 17.5 Å². The van der Waals surface area contributed by atoms with Crippen LogP contribution < -0.4 is 5.32 Å². The van der Waals surface area contributed by atoms with E-state index in [2.05, 4.69) is 10.3 Å². The van der Waals surface area contributed by atoms with Gasteiger partial charge in [-0.1, -0.05) is 18.2 Å². The second kappa shape index (κ2) is 5.95. The van der Waals surface area contributed by atoms with Gasteiger partial charge in [-0.2, -0.15) is 11.3 Å². The predicted molar refractivity (Wildman–Crippen MR) is 84.3 cm³/mol. The molecule has 0 radical (unpaired) electrons. The number of ketones is 2. The van der Waals surface area contributed by atoms with Gasteiger partial charge in [0, 0.05) is 28.0 Å². The first-order chi connectivity index (χ1) is 10.7. The van der Waals surface area contributed by atoms with Gasteiger partial charge in [0.15, 0.2) is 5.78 Å². The van der Waals surface area contributed by atoms with Gasteiger partial charge in [0.25, 0.3) is 11.7 Å². The highest BCUT2D eigenvalue weighted by molar-refractivity contribution is 7.08. The Morgan fingerprint density at radius 3 is 2.73 bits per heavy atom. The minimum absolute atomic E-state index is 0.191. The van der Waals surface area contributed by atoms with Crippen molar-refractivity contribution in [3.05, 3.63) is 58.4 Å². The van der Waals surface area contributed by atoms with Gasteiger partial charge in [0.1, 0.15) is 0 Å². The molecule has 110 valence electrons. The molecule has 0 spiro atoms. The Labute approximate surface area is 130 Å². The summed E-state index contributed by atoms with van der Waals surface area (Å²) in [5, 5.41) is 6.55. The van der Waals surface area contributed by atoms with Crippen molar-refractivity contribution in [3.8, 4) is 0 Å². The largest absolute Gasteiger partial charge is 0.360 e. The minimum atomic E-state index is -0.784. The summed E-state index contributed by atoms with van der Waals surface area (Å²) in [6.45, 7) is -0.191. The van der Waals surface area contributed by atoms with E-state index in [0.29, 0.717) is 16.5 Å². The van der Waals surface area contributed by atoms with Crippen LogP contribution in [0.1, 0.15) is 20.7 Å². The number of hydrogen-bond donors (Lipinski definition) is 2. The number of thiophene rings is 1. The molecule has 0 aliphatic carbocycles. The number of carbonyl (C=O) groups is 3. The number of para-hydroxylation sites is 1. The molecule has 0 fully saturated rings. The summed E-state index contributed by atoms with van der Waals surface area (Å²) >= 11 is 1.40. The molecule has 6 heteroatoms. The second-order valence-corrected chi connectivity index (χ2v) is 5.47. The van der Waals surface area contributed by atoms with E-state index in [9.17, 15) is 14.4 Å². The van der Waals surface area contributed by atoms with Crippen LogP contribution in [0.25, 0.3) is 10.9 Å². The van der Waals surface area contributed by atoms with Crippen LogP contribution in [0.3, 0.4) is 0 Å². The standard InChI is InChI=1S/C16H12N2O3S/c19-14(10-5-6-22-9-10)8-18-16(21)15(20)12-7-17-13-4-2-1-3-11(12)13/h1-7,9,17H,8H2,(H,18,21). The van der Waals surface area contributed by atoms with Gasteiger partial charge in [-0.3, -0.25) is 14.4 Å². The van der Waals surface area contributed by atoms with Crippen molar-refractivity contribution in [1.82, 2.24) is 10.3 Å². The number of H-pyrrole nitrogens is 1. The average molecular weight is 312 g/mol. The molecular formula is C16H12N2O3S. The molecule has 0 bridgehead atoms. The van der Waals surface area contributed by atoms with Gasteiger partial charge in [0.05, 0.1) is 12.1 Å². The molecule has 0 unspecified atom stereocenters. The first kappa shape index (κ1) is 14.2. The lowest BCUT2D eigenvalue weighted by Crippen LogP contribution is -2.34. The maximum Gasteiger partial charge on any atom is 0.292 e. The van der Waals surface area contributed by atoms with Crippen LogP contribution in [0.4, 0.5) is 0 Å². The van der Waals surface area contributed by atoms with Crippen molar-refractivity contribution in [2.24, 2.45) is 0 Å². The number of amides is 1. The van der Waals surface area contributed by atoms with E-state index in [1.807, 2.05) is 12.1 Å². The average Bonchev–Trinajstić information content (AvgIpc) is 3.20. The van der Waals surface area contributed by atoms with Gasteiger partial charge < -0.3 is 10.3 Å². The molecule has 1 aromatic carbocycles. The summed E-state index contributed by atoms with van der Waals surface area (Å²) < 4.78 is 0. The van der Waals surface area contributed by atoms with Crippen LogP contribution in [0.15, 0.2) is 47.3 Å². The van der Waals surface area contributed by atoms with Gasteiger partial charge >= 0.3 is 0 Å². The number of fused-ring (bicyclic) bond motifs is 1. The van der Waals surface area contributed by atoms with Crippen molar-refractivity contribution in [1.29, 1.82) is 0 Å². The summed E-state index contributed by atoms with van der Waals surface area (Å²) in [5.74, 6) is -1.66. The Hall–Kier alpha value is -2.73. The Bertz CT molecular complexity index is 849. The minimum Gasteiger partial charge on any atom is -0.360 e. The number of Topliss-reactive ketones (excluding diaryl/α,β-unsaturated/α-hetero) is 2. The Kier molecular flexibility index (Phi) is 3.84. The Morgan fingerprint density at radius 2 is 1.95 bits per heavy atom. The van der Waals surface area contributed by atoms with E-state index in [-0.39, 0.29) is 12.3 Å². The van der Waals surface area contributed by atoms with Crippen molar-refractivity contribution in [3.63, 3.8) is 0 Å². The molecular weight excluding hydrogens is 300 g/mol. The number of hydrogen-bond acceptors (Lipinski definition) is 4. The number of aromatic nitrogens is 1. The molecule has 0 atom stereocenters. The molecule has 0 saturated heterocycles. The van der Waals surface area contributed by atoms with Crippen LogP contribution in [0.5, 0.6) is 0 Å². The summed E-state index contributed by atoms with van der Waals surface area (Å²) in [6, 6.07) is 8.91. The molecule has 0 aliphatic heterocycles. The molecule has 0 saturated carbocycles. The first-order valence-electron chi connectivity index (χ1n) is 6.61. The predicted octanol–water partition coefficient (Wildman–Crippen LogP) is 2.41. The van der Waals surface area contributed by atoms with Gasteiger partial charge in [0.2, 0.25) is 0 Å². The fourth-order valence-electron chi connectivity index (χ4n) is 2.15. The lowest BCUT2D eigenvalue weighted by molar-refractivity contribution is -0.116. The number of benzene rings is 1. The highest BCUT2D eigenvalue weighted by Gasteiger charge is 2.20.